The molecule has 0 aliphatic heterocycles. The SMILES string of the molecule is CCC.CCCc1cc(OC)c(OC)c(OC)c1. The molecule has 0 saturated carbocycles. The van der Waals surface area contributed by atoms with E-state index in [2.05, 4.69) is 20.8 Å². The molecule has 0 radical (unpaired) electrons. The minimum absolute atomic E-state index is 0.653. The van der Waals surface area contributed by atoms with Crippen molar-refractivity contribution in [1.82, 2.24) is 0 Å². The maximum Gasteiger partial charge on any atom is 0.203 e. The van der Waals surface area contributed by atoms with E-state index in [0.29, 0.717) is 5.75 Å². The largest absolute Gasteiger partial charge is 0.493 e. The van der Waals surface area contributed by atoms with E-state index in [4.69, 9.17) is 14.2 Å². The number of aryl methyl sites for hydroxylation is 1. The molecule has 3 heteroatoms. The van der Waals surface area contributed by atoms with Gasteiger partial charge in [-0.05, 0) is 24.1 Å². The zero-order valence-corrected chi connectivity index (χ0v) is 12.5. The third-order valence-electron chi connectivity index (χ3n) is 2.26. The second-order valence-corrected chi connectivity index (χ2v) is 3.99. The molecule has 1 aromatic carbocycles. The molecule has 0 fully saturated rings. The van der Waals surface area contributed by atoms with E-state index in [9.17, 15) is 0 Å². The summed E-state index contributed by atoms with van der Waals surface area (Å²) in [6.07, 6.45) is 3.36. The lowest BCUT2D eigenvalue weighted by Gasteiger charge is -2.13. The van der Waals surface area contributed by atoms with E-state index in [0.717, 1.165) is 24.3 Å². The average molecular weight is 254 g/mol. The van der Waals surface area contributed by atoms with Crippen LogP contribution in [-0.2, 0) is 6.42 Å². The van der Waals surface area contributed by atoms with Gasteiger partial charge in [-0.3, -0.25) is 0 Å². The predicted octanol–water partition coefficient (Wildman–Crippen LogP) is 4.08. The van der Waals surface area contributed by atoms with Gasteiger partial charge in [-0.1, -0.05) is 33.6 Å². The van der Waals surface area contributed by atoms with E-state index in [1.807, 2.05) is 12.1 Å². The van der Waals surface area contributed by atoms with E-state index in [-0.39, 0.29) is 0 Å². The molecule has 0 bridgehead atoms. The maximum atomic E-state index is 5.26. The summed E-state index contributed by atoms with van der Waals surface area (Å²) in [6.45, 7) is 6.39. The molecular formula is C15H26O3. The van der Waals surface area contributed by atoms with Crippen molar-refractivity contribution in [1.29, 1.82) is 0 Å². The molecule has 1 rings (SSSR count). The van der Waals surface area contributed by atoms with Crippen LogP contribution in [-0.4, -0.2) is 21.3 Å². The Hall–Kier alpha value is -1.38. The van der Waals surface area contributed by atoms with Crippen molar-refractivity contribution < 1.29 is 14.2 Å². The average Bonchev–Trinajstić information content (AvgIpc) is 2.38. The molecule has 0 heterocycles. The number of hydrogen-bond acceptors (Lipinski definition) is 3. The van der Waals surface area contributed by atoms with Crippen molar-refractivity contribution >= 4 is 0 Å². The van der Waals surface area contributed by atoms with Gasteiger partial charge in [-0.25, -0.2) is 0 Å². The summed E-state index contributed by atoms with van der Waals surface area (Å²) in [5, 5.41) is 0. The minimum atomic E-state index is 0.653. The standard InChI is InChI=1S/C12H18O3.C3H8/c1-5-6-9-7-10(13-2)12(15-4)11(8-9)14-3;1-3-2/h7-8H,5-6H2,1-4H3;3H2,1-2H3. The van der Waals surface area contributed by atoms with Crippen LogP contribution in [0, 0.1) is 0 Å². The van der Waals surface area contributed by atoms with Gasteiger partial charge in [0, 0.05) is 0 Å². The zero-order valence-electron chi connectivity index (χ0n) is 12.5. The normalized spacial score (nSPS) is 9.22. The summed E-state index contributed by atoms with van der Waals surface area (Å²) < 4.78 is 15.8. The first-order valence-corrected chi connectivity index (χ1v) is 6.47. The Morgan fingerprint density at radius 2 is 1.28 bits per heavy atom. The van der Waals surface area contributed by atoms with Gasteiger partial charge >= 0.3 is 0 Å². The summed E-state index contributed by atoms with van der Waals surface area (Å²) in [6, 6.07) is 3.98. The molecule has 0 unspecified atom stereocenters. The van der Waals surface area contributed by atoms with Crippen molar-refractivity contribution in [3.05, 3.63) is 17.7 Å². The van der Waals surface area contributed by atoms with Crippen LogP contribution in [0.3, 0.4) is 0 Å². The molecule has 104 valence electrons. The Morgan fingerprint density at radius 1 is 0.833 bits per heavy atom. The number of methoxy groups -OCH3 is 3. The lowest BCUT2D eigenvalue weighted by molar-refractivity contribution is 0.324. The van der Waals surface area contributed by atoms with Crippen LogP contribution < -0.4 is 14.2 Å². The van der Waals surface area contributed by atoms with E-state index < -0.39 is 0 Å². The fraction of sp³-hybridized carbons (Fsp3) is 0.600. The number of ether oxygens (including phenoxy) is 3. The highest BCUT2D eigenvalue weighted by Gasteiger charge is 2.12. The van der Waals surface area contributed by atoms with Crippen LogP contribution in [0.2, 0.25) is 0 Å². The fourth-order valence-electron chi connectivity index (χ4n) is 1.57. The van der Waals surface area contributed by atoms with Crippen LogP contribution in [0.15, 0.2) is 12.1 Å². The highest BCUT2D eigenvalue weighted by atomic mass is 16.5. The van der Waals surface area contributed by atoms with Crippen molar-refractivity contribution in [2.24, 2.45) is 0 Å². The molecule has 0 amide bonds. The molecule has 0 aliphatic carbocycles. The van der Waals surface area contributed by atoms with Gasteiger partial charge in [-0.15, -0.1) is 0 Å². The quantitative estimate of drug-likeness (QED) is 0.792. The van der Waals surface area contributed by atoms with E-state index in [1.54, 1.807) is 21.3 Å². The van der Waals surface area contributed by atoms with Gasteiger partial charge in [0.1, 0.15) is 0 Å². The van der Waals surface area contributed by atoms with E-state index in [1.165, 1.54) is 12.0 Å². The van der Waals surface area contributed by atoms with Gasteiger partial charge in [0.25, 0.3) is 0 Å². The third kappa shape index (κ3) is 4.86. The molecule has 0 atom stereocenters. The Morgan fingerprint density at radius 3 is 1.56 bits per heavy atom. The van der Waals surface area contributed by atoms with Gasteiger partial charge in [-0.2, -0.15) is 0 Å². The highest BCUT2D eigenvalue weighted by Crippen LogP contribution is 2.38. The van der Waals surface area contributed by atoms with Crippen LogP contribution in [0.4, 0.5) is 0 Å². The molecule has 0 aromatic heterocycles. The van der Waals surface area contributed by atoms with Crippen LogP contribution in [0.5, 0.6) is 17.2 Å². The number of hydrogen-bond donors (Lipinski definition) is 0. The van der Waals surface area contributed by atoms with Crippen LogP contribution >= 0.6 is 0 Å². The highest BCUT2D eigenvalue weighted by molar-refractivity contribution is 5.53. The van der Waals surface area contributed by atoms with Gasteiger partial charge < -0.3 is 14.2 Å². The molecule has 1 aromatic rings. The summed E-state index contributed by atoms with van der Waals surface area (Å²) in [4.78, 5) is 0. The first-order valence-electron chi connectivity index (χ1n) is 6.47. The number of benzene rings is 1. The molecule has 18 heavy (non-hydrogen) atoms. The van der Waals surface area contributed by atoms with E-state index >= 15 is 0 Å². The van der Waals surface area contributed by atoms with Crippen molar-refractivity contribution in [3.8, 4) is 17.2 Å². The topological polar surface area (TPSA) is 27.7 Å². The predicted molar refractivity (Wildman–Crippen MR) is 76.1 cm³/mol. The summed E-state index contributed by atoms with van der Waals surface area (Å²) in [5.41, 5.74) is 1.20. The molecule has 0 aliphatic rings. The van der Waals surface area contributed by atoms with Gasteiger partial charge in [0.05, 0.1) is 21.3 Å². The second-order valence-electron chi connectivity index (χ2n) is 3.99. The lowest BCUT2D eigenvalue weighted by atomic mass is 10.1. The van der Waals surface area contributed by atoms with Crippen molar-refractivity contribution in [2.45, 2.75) is 40.0 Å². The Kier molecular flexibility index (Phi) is 8.89. The Balaban J connectivity index is 0.000000873. The Labute approximate surface area is 111 Å². The second kappa shape index (κ2) is 9.63. The smallest absolute Gasteiger partial charge is 0.203 e. The molecule has 0 N–H and O–H groups in total. The molecule has 0 saturated heterocycles. The number of rotatable bonds is 5. The molecular weight excluding hydrogens is 228 g/mol. The molecule has 0 spiro atoms. The fourth-order valence-corrected chi connectivity index (χ4v) is 1.57. The lowest BCUT2D eigenvalue weighted by Crippen LogP contribution is -1.96. The maximum absolute atomic E-state index is 5.26. The zero-order chi connectivity index (χ0) is 14.0. The summed E-state index contributed by atoms with van der Waals surface area (Å²) in [7, 11) is 4.87. The molecule has 3 nitrogen and oxygen atoms in total. The third-order valence-corrected chi connectivity index (χ3v) is 2.26. The first kappa shape index (κ1) is 16.6. The first-order chi connectivity index (χ1) is 8.68. The minimum Gasteiger partial charge on any atom is -0.493 e. The van der Waals surface area contributed by atoms with Gasteiger partial charge in [0.2, 0.25) is 5.75 Å². The van der Waals surface area contributed by atoms with Gasteiger partial charge in [0.15, 0.2) is 11.5 Å². The monoisotopic (exact) mass is 254 g/mol. The summed E-state index contributed by atoms with van der Waals surface area (Å²) in [5.74, 6) is 2.10. The van der Waals surface area contributed by atoms with Crippen molar-refractivity contribution in [2.75, 3.05) is 21.3 Å². The van der Waals surface area contributed by atoms with Crippen molar-refractivity contribution in [3.63, 3.8) is 0 Å². The summed E-state index contributed by atoms with van der Waals surface area (Å²) >= 11 is 0. The van der Waals surface area contributed by atoms with Crippen LogP contribution in [0.25, 0.3) is 0 Å². The van der Waals surface area contributed by atoms with Crippen LogP contribution in [0.1, 0.15) is 39.2 Å². The Bertz CT molecular complexity index is 310.